The number of imide groups is 2. The summed E-state index contributed by atoms with van der Waals surface area (Å²) in [5.41, 5.74) is 0.277. The third kappa shape index (κ3) is 6.01. The van der Waals surface area contributed by atoms with Gasteiger partial charge in [-0.15, -0.1) is 0 Å². The highest BCUT2D eigenvalue weighted by Gasteiger charge is 2.37. The second kappa shape index (κ2) is 11.3. The number of barbiturate groups is 1. The molecule has 174 valence electrons. The number of halogens is 4. The number of carbonyl (C=O) groups is 3. The van der Waals surface area contributed by atoms with Gasteiger partial charge in [-0.05, 0) is 48.4 Å². The fraction of sp³-hybridized carbons (Fsp3) is 0.261. The number of ether oxygens (including phenoxy) is 1. The summed E-state index contributed by atoms with van der Waals surface area (Å²) in [6, 6.07) is 6.41. The maximum Gasteiger partial charge on any atom is 0.335 e. The second-order valence-corrected chi connectivity index (χ2v) is 8.91. The van der Waals surface area contributed by atoms with Crippen LogP contribution in [0.5, 0.6) is 5.75 Å². The quantitative estimate of drug-likeness (QED) is 0.228. The fourth-order valence-electron chi connectivity index (χ4n) is 3.19. The van der Waals surface area contributed by atoms with Crippen molar-refractivity contribution in [1.29, 1.82) is 0 Å². The van der Waals surface area contributed by atoms with E-state index in [2.05, 4.69) is 12.2 Å². The Bertz CT molecular complexity index is 1110. The van der Waals surface area contributed by atoms with Crippen LogP contribution in [0.4, 0.5) is 10.5 Å². The molecule has 0 radical (unpaired) electrons. The molecule has 2 aromatic rings. The molecule has 6 nitrogen and oxygen atoms in total. The third-order valence-electron chi connectivity index (χ3n) is 4.84. The van der Waals surface area contributed by atoms with Crippen LogP contribution in [0.1, 0.15) is 38.2 Å². The number of amides is 4. The topological polar surface area (TPSA) is 75.7 Å². The first kappa shape index (κ1) is 25.4. The Morgan fingerprint density at radius 3 is 2.24 bits per heavy atom. The van der Waals surface area contributed by atoms with Gasteiger partial charge in [-0.1, -0.05) is 72.6 Å². The van der Waals surface area contributed by atoms with Crippen LogP contribution in [-0.2, 0) is 9.59 Å². The molecule has 2 aromatic carbocycles. The zero-order valence-electron chi connectivity index (χ0n) is 17.6. The number of nitrogens with one attached hydrogen (secondary N) is 1. The van der Waals surface area contributed by atoms with Crippen LogP contribution in [-0.4, -0.2) is 24.5 Å². The Hall–Kier alpha value is -2.25. The van der Waals surface area contributed by atoms with Gasteiger partial charge >= 0.3 is 6.03 Å². The van der Waals surface area contributed by atoms with Crippen molar-refractivity contribution in [3.05, 3.63) is 61.6 Å². The van der Waals surface area contributed by atoms with E-state index >= 15 is 0 Å². The van der Waals surface area contributed by atoms with Crippen molar-refractivity contribution >= 4 is 76.0 Å². The summed E-state index contributed by atoms with van der Waals surface area (Å²) >= 11 is 24.6. The maximum atomic E-state index is 13.0. The Labute approximate surface area is 211 Å². The van der Waals surface area contributed by atoms with Crippen molar-refractivity contribution in [1.82, 2.24) is 5.32 Å². The van der Waals surface area contributed by atoms with Gasteiger partial charge in [0.1, 0.15) is 5.57 Å². The summed E-state index contributed by atoms with van der Waals surface area (Å²) in [4.78, 5) is 38.6. The van der Waals surface area contributed by atoms with Crippen LogP contribution in [0.25, 0.3) is 6.08 Å². The number of hydrogen-bond acceptors (Lipinski definition) is 4. The molecule has 0 aromatic heterocycles. The molecule has 0 bridgehead atoms. The van der Waals surface area contributed by atoms with Gasteiger partial charge in [0.25, 0.3) is 11.8 Å². The van der Waals surface area contributed by atoms with Crippen molar-refractivity contribution in [3.63, 3.8) is 0 Å². The minimum Gasteiger partial charge on any atom is -0.490 e. The van der Waals surface area contributed by atoms with E-state index in [1.165, 1.54) is 36.4 Å². The molecule has 1 heterocycles. The van der Waals surface area contributed by atoms with E-state index in [0.29, 0.717) is 17.9 Å². The van der Waals surface area contributed by atoms with Gasteiger partial charge in [0.2, 0.25) is 0 Å². The molecular formula is C23H20Cl4N2O4. The van der Waals surface area contributed by atoms with Crippen LogP contribution in [0.3, 0.4) is 0 Å². The standard InChI is InChI=1S/C23H20Cl4N2O4/c1-2-3-4-5-8-33-20-18(26)10-13(11-19(20)27)9-15-21(30)28-23(32)29(22(15)31)14-6-7-16(24)17(25)12-14/h6-7,9-12H,2-5,8H2,1H3,(H,28,30,32)/b15-9-. The van der Waals surface area contributed by atoms with Crippen molar-refractivity contribution in [2.24, 2.45) is 0 Å². The molecule has 33 heavy (non-hydrogen) atoms. The first-order valence-electron chi connectivity index (χ1n) is 10.2. The van der Waals surface area contributed by atoms with Crippen molar-refractivity contribution in [3.8, 4) is 5.75 Å². The molecule has 10 heteroatoms. The van der Waals surface area contributed by atoms with Gasteiger partial charge in [-0.2, -0.15) is 0 Å². The lowest BCUT2D eigenvalue weighted by Crippen LogP contribution is -2.54. The van der Waals surface area contributed by atoms with E-state index in [-0.39, 0.29) is 31.4 Å². The summed E-state index contributed by atoms with van der Waals surface area (Å²) < 4.78 is 5.70. The molecule has 1 saturated heterocycles. The molecule has 1 aliphatic rings. The minimum atomic E-state index is -0.900. The second-order valence-electron chi connectivity index (χ2n) is 7.28. The number of rotatable bonds is 8. The van der Waals surface area contributed by atoms with Gasteiger partial charge in [0.15, 0.2) is 5.75 Å². The van der Waals surface area contributed by atoms with Crippen LogP contribution in [0, 0.1) is 0 Å². The van der Waals surface area contributed by atoms with Crippen LogP contribution >= 0.6 is 46.4 Å². The Balaban J connectivity index is 1.86. The third-order valence-corrected chi connectivity index (χ3v) is 6.14. The van der Waals surface area contributed by atoms with Gasteiger partial charge < -0.3 is 4.74 Å². The molecular weight excluding hydrogens is 510 g/mol. The summed E-state index contributed by atoms with van der Waals surface area (Å²) in [5.74, 6) is -1.33. The van der Waals surface area contributed by atoms with E-state index in [1.807, 2.05) is 0 Å². The van der Waals surface area contributed by atoms with Gasteiger partial charge in [0, 0.05) is 0 Å². The Morgan fingerprint density at radius 2 is 1.61 bits per heavy atom. The average molecular weight is 530 g/mol. The molecule has 0 unspecified atom stereocenters. The summed E-state index contributed by atoms with van der Waals surface area (Å²) in [6.45, 7) is 2.60. The van der Waals surface area contributed by atoms with Crippen LogP contribution in [0.15, 0.2) is 35.9 Å². The number of unbranched alkanes of at least 4 members (excludes halogenated alkanes) is 3. The predicted octanol–water partition coefficient (Wildman–Crippen LogP) is 6.93. The lowest BCUT2D eigenvalue weighted by Gasteiger charge is -2.26. The lowest BCUT2D eigenvalue weighted by atomic mass is 10.1. The monoisotopic (exact) mass is 528 g/mol. The molecule has 0 atom stereocenters. The normalized spacial score (nSPS) is 15.2. The first-order valence-corrected chi connectivity index (χ1v) is 11.7. The molecule has 1 fully saturated rings. The van der Waals surface area contributed by atoms with Gasteiger partial charge in [0.05, 0.1) is 32.4 Å². The number of nitrogens with zero attached hydrogens (tertiary/aromatic N) is 1. The molecule has 1 N–H and O–H groups in total. The maximum absolute atomic E-state index is 13.0. The summed E-state index contributed by atoms with van der Waals surface area (Å²) in [5, 5.41) is 3.04. The zero-order chi connectivity index (χ0) is 24.1. The van der Waals surface area contributed by atoms with Crippen LogP contribution < -0.4 is 15.0 Å². The number of hydrogen-bond donors (Lipinski definition) is 1. The number of benzene rings is 2. The molecule has 0 aliphatic carbocycles. The van der Waals surface area contributed by atoms with Crippen LogP contribution in [0.2, 0.25) is 20.1 Å². The molecule has 0 spiro atoms. The molecule has 3 rings (SSSR count). The van der Waals surface area contributed by atoms with E-state index < -0.39 is 17.8 Å². The predicted molar refractivity (Wildman–Crippen MR) is 132 cm³/mol. The highest BCUT2D eigenvalue weighted by molar-refractivity contribution is 6.43. The minimum absolute atomic E-state index is 0.154. The molecule has 4 amide bonds. The number of urea groups is 1. The number of carbonyl (C=O) groups excluding carboxylic acids is 3. The van der Waals surface area contributed by atoms with Crippen molar-refractivity contribution < 1.29 is 19.1 Å². The van der Waals surface area contributed by atoms with E-state index in [0.717, 1.165) is 30.6 Å². The average Bonchev–Trinajstić information content (AvgIpc) is 2.75. The van der Waals surface area contributed by atoms with E-state index in [4.69, 9.17) is 51.1 Å². The molecule has 1 aliphatic heterocycles. The van der Waals surface area contributed by atoms with Gasteiger partial charge in [-0.25, -0.2) is 9.69 Å². The SMILES string of the molecule is CCCCCCOc1c(Cl)cc(/C=C2/C(=O)NC(=O)N(c3ccc(Cl)c(Cl)c3)C2=O)cc1Cl. The largest absolute Gasteiger partial charge is 0.490 e. The number of anilines is 1. The van der Waals surface area contributed by atoms with Crippen molar-refractivity contribution in [2.75, 3.05) is 11.5 Å². The Morgan fingerprint density at radius 1 is 0.909 bits per heavy atom. The smallest absolute Gasteiger partial charge is 0.335 e. The molecule has 0 saturated carbocycles. The highest BCUT2D eigenvalue weighted by Crippen LogP contribution is 2.36. The van der Waals surface area contributed by atoms with E-state index in [9.17, 15) is 14.4 Å². The first-order chi connectivity index (χ1) is 15.7. The Kier molecular flexibility index (Phi) is 8.65. The highest BCUT2D eigenvalue weighted by atomic mass is 35.5. The van der Waals surface area contributed by atoms with Gasteiger partial charge in [-0.3, -0.25) is 14.9 Å². The zero-order valence-corrected chi connectivity index (χ0v) is 20.6. The summed E-state index contributed by atoms with van der Waals surface area (Å²) in [7, 11) is 0. The lowest BCUT2D eigenvalue weighted by molar-refractivity contribution is -0.122. The van der Waals surface area contributed by atoms with E-state index in [1.54, 1.807) is 0 Å². The fourth-order valence-corrected chi connectivity index (χ4v) is 4.09. The summed E-state index contributed by atoms with van der Waals surface area (Å²) in [6.07, 6.45) is 5.46. The van der Waals surface area contributed by atoms with Crippen molar-refractivity contribution in [2.45, 2.75) is 32.6 Å².